The summed E-state index contributed by atoms with van der Waals surface area (Å²) in [6, 6.07) is 6.11. The van der Waals surface area contributed by atoms with Gasteiger partial charge in [-0.15, -0.1) is 11.3 Å². The van der Waals surface area contributed by atoms with Crippen molar-refractivity contribution in [2.24, 2.45) is 0 Å². The van der Waals surface area contributed by atoms with Crippen LogP contribution in [0.3, 0.4) is 0 Å². The Morgan fingerprint density at radius 3 is 2.58 bits per heavy atom. The fourth-order valence-electron chi connectivity index (χ4n) is 6.26. The number of aromatic nitrogens is 2. The number of fused-ring (bicyclic) bond motifs is 2. The number of nitrogens with zero attached hydrogens (tertiary/aromatic N) is 6. The number of likely N-dealkylation sites (tertiary alicyclic amines) is 1. The summed E-state index contributed by atoms with van der Waals surface area (Å²) in [6.07, 6.45) is 1.35. The van der Waals surface area contributed by atoms with Gasteiger partial charge in [-0.3, -0.25) is 29.1 Å². The first-order valence-corrected chi connectivity index (χ1v) is 16.9. The lowest BCUT2D eigenvalue weighted by Gasteiger charge is -2.40. The van der Waals surface area contributed by atoms with Gasteiger partial charge in [0.2, 0.25) is 11.8 Å². The molecule has 2 aromatic heterocycles. The summed E-state index contributed by atoms with van der Waals surface area (Å²) in [6.45, 7) is 1.21. The van der Waals surface area contributed by atoms with E-state index in [2.05, 4.69) is 14.8 Å². The van der Waals surface area contributed by atoms with Crippen LogP contribution < -0.4 is 0 Å². The molecule has 0 aliphatic carbocycles. The number of amides is 3. The Kier molecular flexibility index (Phi) is 8.11. The Bertz CT molecular complexity index is 1690. The van der Waals surface area contributed by atoms with Crippen molar-refractivity contribution in [3.63, 3.8) is 0 Å². The average molecular weight is 648 g/mol. The molecule has 1 N–H and O–H groups in total. The maximum Gasteiger partial charge on any atom is 0.283 e. The summed E-state index contributed by atoms with van der Waals surface area (Å²) >= 11 is 7.49. The van der Waals surface area contributed by atoms with E-state index in [1.165, 1.54) is 20.5 Å². The third kappa shape index (κ3) is 5.60. The fourth-order valence-corrected chi connectivity index (χ4v) is 9.25. The van der Waals surface area contributed by atoms with Crippen LogP contribution >= 0.6 is 22.9 Å². The third-order valence-corrected chi connectivity index (χ3v) is 11.6. The van der Waals surface area contributed by atoms with Gasteiger partial charge >= 0.3 is 0 Å². The number of piperazine rings is 1. The maximum absolute atomic E-state index is 14.0. The number of carbonyl (C=O) groups excluding carboxylic acids is 3. The summed E-state index contributed by atoms with van der Waals surface area (Å²) in [5.41, 5.74) is 1.56. The Morgan fingerprint density at radius 1 is 1.12 bits per heavy atom. The lowest BCUT2D eigenvalue weighted by Crippen LogP contribution is -2.57. The number of likely N-dealkylation sites (N-methyl/N-ethyl adjacent to an activating group) is 1. The van der Waals surface area contributed by atoms with Crippen molar-refractivity contribution in [1.82, 2.24) is 33.9 Å². The molecule has 1 aromatic carbocycles. The van der Waals surface area contributed by atoms with Gasteiger partial charge in [0.25, 0.3) is 15.9 Å². The van der Waals surface area contributed by atoms with Crippen molar-refractivity contribution in [2.45, 2.75) is 42.9 Å². The summed E-state index contributed by atoms with van der Waals surface area (Å²) in [5, 5.41) is 1.59. The summed E-state index contributed by atoms with van der Waals surface area (Å²) < 4.78 is 28.9. The molecule has 2 atom stereocenters. The number of benzene rings is 1. The molecule has 3 amide bonds. The predicted octanol–water partition coefficient (Wildman–Crippen LogP) is 2.38. The van der Waals surface area contributed by atoms with Gasteiger partial charge in [0.15, 0.2) is 5.01 Å². The zero-order valence-electron chi connectivity index (χ0n) is 24.2. The molecule has 15 heteroatoms. The van der Waals surface area contributed by atoms with Crippen molar-refractivity contribution in [2.75, 3.05) is 53.9 Å². The number of sulfonamides is 1. The minimum absolute atomic E-state index is 0.0129. The molecule has 0 saturated carbocycles. The lowest BCUT2D eigenvalue weighted by atomic mass is 10.1. The number of thiazole rings is 1. The quantitative estimate of drug-likeness (QED) is 0.387. The Hall–Kier alpha value is -2.88. The molecule has 43 heavy (non-hydrogen) atoms. The fraction of sp³-hybridized carbons (Fsp3) is 0.500. The van der Waals surface area contributed by atoms with Gasteiger partial charge in [0.05, 0.1) is 16.7 Å². The Morgan fingerprint density at radius 2 is 1.86 bits per heavy atom. The van der Waals surface area contributed by atoms with Crippen molar-refractivity contribution >= 4 is 61.6 Å². The van der Waals surface area contributed by atoms with Crippen LogP contribution in [0, 0.1) is 0 Å². The average Bonchev–Trinajstić information content (AvgIpc) is 3.68. The van der Waals surface area contributed by atoms with E-state index in [0.717, 1.165) is 23.5 Å². The summed E-state index contributed by atoms with van der Waals surface area (Å²) in [4.78, 5) is 54.6. The van der Waals surface area contributed by atoms with Crippen molar-refractivity contribution < 1.29 is 22.8 Å². The van der Waals surface area contributed by atoms with E-state index in [-0.39, 0.29) is 74.4 Å². The molecule has 2 saturated heterocycles. The first-order valence-electron chi connectivity index (χ1n) is 14.2. The molecule has 3 aliphatic rings. The lowest BCUT2D eigenvalue weighted by molar-refractivity contribution is -0.138. The van der Waals surface area contributed by atoms with Gasteiger partial charge in [0, 0.05) is 74.0 Å². The topological polar surface area (TPSA) is 130 Å². The van der Waals surface area contributed by atoms with Gasteiger partial charge in [-0.1, -0.05) is 11.6 Å². The standard InChI is InChI=1S/C28H34ClN7O5S2/c1-32(2)27-25-21(9-10-33(27)3)31-26(42-25)28(39)35-13-12-34(16-19(35)8-11-36-23(37)6-7-24(36)38)43(40,41)22-15-17-14-18(29)4-5-20(17)30-22/h4-5,14-15,19,27,30H,6-13,16H2,1-3H3. The highest BCUT2D eigenvalue weighted by Crippen LogP contribution is 2.36. The first kappa shape index (κ1) is 30.2. The Labute approximate surface area is 259 Å². The smallest absolute Gasteiger partial charge is 0.283 e. The van der Waals surface area contributed by atoms with E-state index < -0.39 is 16.1 Å². The number of imide groups is 1. The minimum atomic E-state index is -3.94. The van der Waals surface area contributed by atoms with Crippen molar-refractivity contribution in [3.8, 4) is 0 Å². The van der Waals surface area contributed by atoms with E-state index in [1.807, 2.05) is 21.1 Å². The van der Waals surface area contributed by atoms with E-state index in [0.29, 0.717) is 20.9 Å². The van der Waals surface area contributed by atoms with Gasteiger partial charge in [-0.25, -0.2) is 13.4 Å². The van der Waals surface area contributed by atoms with Crippen LogP contribution in [0.4, 0.5) is 0 Å². The first-order chi connectivity index (χ1) is 20.4. The van der Waals surface area contributed by atoms with Crippen LogP contribution in [0.2, 0.25) is 5.02 Å². The van der Waals surface area contributed by atoms with E-state index >= 15 is 0 Å². The van der Waals surface area contributed by atoms with Gasteiger partial charge in [-0.2, -0.15) is 4.31 Å². The number of halogens is 1. The number of rotatable bonds is 7. The van der Waals surface area contributed by atoms with Crippen LogP contribution in [0.5, 0.6) is 0 Å². The molecule has 0 radical (unpaired) electrons. The highest BCUT2D eigenvalue weighted by molar-refractivity contribution is 7.89. The van der Waals surface area contributed by atoms with E-state index in [9.17, 15) is 22.8 Å². The largest absolute Gasteiger partial charge is 0.345 e. The molecule has 0 spiro atoms. The molecule has 5 heterocycles. The van der Waals surface area contributed by atoms with Crippen LogP contribution in [0.25, 0.3) is 10.9 Å². The molecule has 2 fully saturated rings. The molecule has 230 valence electrons. The molecule has 3 aromatic rings. The number of aromatic amines is 1. The molecule has 0 bridgehead atoms. The number of carbonyl (C=O) groups is 3. The number of hydrogen-bond donors (Lipinski definition) is 1. The Balaban J connectivity index is 1.28. The molecule has 6 rings (SSSR count). The van der Waals surface area contributed by atoms with Crippen LogP contribution in [-0.2, 0) is 26.0 Å². The SMILES string of the molecule is CN(C)C1c2sc(C(=O)N3CCN(S(=O)(=O)c4cc5cc(Cl)ccc5[nH]4)CC3CCN3C(=O)CCC3=O)nc2CCN1C. The zero-order valence-corrected chi connectivity index (χ0v) is 26.6. The highest BCUT2D eigenvalue weighted by Gasteiger charge is 2.40. The van der Waals surface area contributed by atoms with Crippen LogP contribution in [-0.4, -0.2) is 120 Å². The van der Waals surface area contributed by atoms with Gasteiger partial charge in [-0.05, 0) is 51.8 Å². The third-order valence-electron chi connectivity index (χ3n) is 8.48. The minimum Gasteiger partial charge on any atom is -0.345 e. The van der Waals surface area contributed by atoms with Crippen molar-refractivity contribution in [3.05, 3.63) is 44.9 Å². The highest BCUT2D eigenvalue weighted by atomic mass is 35.5. The number of hydrogen-bond acceptors (Lipinski definition) is 9. The van der Waals surface area contributed by atoms with Crippen LogP contribution in [0.15, 0.2) is 29.3 Å². The second kappa shape index (κ2) is 11.6. The monoisotopic (exact) mass is 647 g/mol. The van der Waals surface area contributed by atoms with E-state index in [1.54, 1.807) is 29.2 Å². The second-order valence-electron chi connectivity index (χ2n) is 11.5. The summed E-state index contributed by atoms with van der Waals surface area (Å²) in [5.74, 6) is -0.751. The zero-order chi connectivity index (χ0) is 30.6. The van der Waals surface area contributed by atoms with Gasteiger partial charge in [0.1, 0.15) is 5.03 Å². The van der Waals surface area contributed by atoms with Crippen LogP contribution in [0.1, 0.15) is 45.8 Å². The maximum atomic E-state index is 14.0. The molecular weight excluding hydrogens is 614 g/mol. The molecule has 12 nitrogen and oxygen atoms in total. The summed E-state index contributed by atoms with van der Waals surface area (Å²) in [7, 11) is 2.10. The molecule has 3 aliphatic heterocycles. The van der Waals surface area contributed by atoms with E-state index in [4.69, 9.17) is 16.6 Å². The predicted molar refractivity (Wildman–Crippen MR) is 162 cm³/mol. The number of nitrogens with one attached hydrogen (secondary N) is 1. The molecule has 2 unspecified atom stereocenters. The van der Waals surface area contributed by atoms with Gasteiger partial charge < -0.3 is 9.88 Å². The number of H-pyrrole nitrogens is 1. The van der Waals surface area contributed by atoms with Crippen molar-refractivity contribution in [1.29, 1.82) is 0 Å². The molecular formula is C28H34ClN7O5S2. The normalized spacial score (nSPS) is 22.3. The second-order valence-corrected chi connectivity index (χ2v) is 14.9.